The fourth-order valence-electron chi connectivity index (χ4n) is 11.4. The van der Waals surface area contributed by atoms with E-state index in [0.29, 0.717) is 33.5 Å². The van der Waals surface area contributed by atoms with E-state index >= 15 is 0 Å². The molecule has 2 spiro atoms. The molecule has 9 atom stereocenters. The summed E-state index contributed by atoms with van der Waals surface area (Å²) < 4.78 is 5.89. The number of hydrogen-bond acceptors (Lipinski definition) is 3. The van der Waals surface area contributed by atoms with Gasteiger partial charge in [0.25, 0.3) is 0 Å². The Labute approximate surface area is 214 Å². The quantitative estimate of drug-likeness (QED) is 0.321. The van der Waals surface area contributed by atoms with Crippen LogP contribution >= 0.6 is 0 Å². The molecule has 35 heavy (non-hydrogen) atoms. The zero-order valence-corrected chi connectivity index (χ0v) is 23.9. The first-order valence-corrected chi connectivity index (χ1v) is 14.7. The van der Waals surface area contributed by atoms with Gasteiger partial charge in [-0.05, 0) is 123 Å². The van der Waals surface area contributed by atoms with Crippen molar-refractivity contribution in [1.29, 1.82) is 0 Å². The summed E-state index contributed by atoms with van der Waals surface area (Å²) in [6.07, 6.45) is 17.4. The lowest BCUT2D eigenvalue weighted by atomic mass is 9.41. The van der Waals surface area contributed by atoms with Crippen LogP contribution < -0.4 is 0 Å². The smallest absolute Gasteiger partial charge is 0.302 e. The van der Waals surface area contributed by atoms with Crippen LogP contribution in [0.4, 0.5) is 0 Å². The molecule has 0 heterocycles. The van der Waals surface area contributed by atoms with Crippen molar-refractivity contribution in [3.8, 4) is 0 Å². The molecule has 0 aromatic heterocycles. The molecule has 0 radical (unpaired) electrons. The Kier molecular flexibility index (Phi) is 5.78. The molecule has 5 rings (SSSR count). The number of fused-ring (bicyclic) bond motifs is 2. The van der Waals surface area contributed by atoms with E-state index in [1.807, 2.05) is 19.9 Å². The summed E-state index contributed by atoms with van der Waals surface area (Å²) in [4.78, 5) is 11.8. The van der Waals surface area contributed by atoms with Gasteiger partial charge in [0.2, 0.25) is 0 Å². The molecule has 3 heteroatoms. The van der Waals surface area contributed by atoms with Crippen molar-refractivity contribution < 1.29 is 14.6 Å². The van der Waals surface area contributed by atoms with Gasteiger partial charge in [0.15, 0.2) is 0 Å². The Morgan fingerprint density at radius 2 is 1.63 bits per heavy atom. The van der Waals surface area contributed by atoms with Crippen LogP contribution in [0.1, 0.15) is 120 Å². The molecule has 5 aliphatic rings. The molecule has 5 fully saturated rings. The molecule has 5 saturated carbocycles. The van der Waals surface area contributed by atoms with Crippen molar-refractivity contribution in [3.05, 3.63) is 12.2 Å². The van der Waals surface area contributed by atoms with Crippen molar-refractivity contribution in [1.82, 2.24) is 0 Å². The molecule has 198 valence electrons. The Bertz CT molecular complexity index is 897. The maximum absolute atomic E-state index is 11.8. The Morgan fingerprint density at radius 3 is 2.29 bits per heavy atom. The highest BCUT2D eigenvalue weighted by Gasteiger charge is 2.82. The molecule has 5 aliphatic carbocycles. The van der Waals surface area contributed by atoms with Gasteiger partial charge in [0, 0.05) is 12.3 Å². The summed E-state index contributed by atoms with van der Waals surface area (Å²) in [5.74, 6) is 2.88. The molecule has 0 aromatic carbocycles. The van der Waals surface area contributed by atoms with E-state index in [1.165, 1.54) is 51.4 Å². The fourth-order valence-corrected chi connectivity index (χ4v) is 11.4. The summed E-state index contributed by atoms with van der Waals surface area (Å²) in [6, 6.07) is 0. The number of hydrogen-bond donors (Lipinski definition) is 1. The average Bonchev–Trinajstić information content (AvgIpc) is 3.31. The van der Waals surface area contributed by atoms with Gasteiger partial charge in [0.1, 0.15) is 6.10 Å². The van der Waals surface area contributed by atoms with Gasteiger partial charge in [-0.3, -0.25) is 4.79 Å². The second-order valence-corrected chi connectivity index (χ2v) is 15.4. The molecule has 0 amide bonds. The van der Waals surface area contributed by atoms with Crippen molar-refractivity contribution in [2.45, 2.75) is 131 Å². The van der Waals surface area contributed by atoms with Crippen LogP contribution in [0.15, 0.2) is 12.2 Å². The number of esters is 1. The molecular formula is C32H52O3. The van der Waals surface area contributed by atoms with Crippen LogP contribution in [0.5, 0.6) is 0 Å². The minimum absolute atomic E-state index is 0.0829. The zero-order valence-electron chi connectivity index (χ0n) is 23.9. The van der Waals surface area contributed by atoms with Gasteiger partial charge in [0.05, 0.1) is 5.60 Å². The predicted octanol–water partition coefficient (Wildman–Crippen LogP) is 7.71. The van der Waals surface area contributed by atoms with E-state index in [4.69, 9.17) is 4.74 Å². The standard InChI is InChI=1S/C32H52O3/c1-21(10-9-15-27(3,4)34)23-13-16-30(8)25-12-11-24-28(5,6)26(35-22(2)33)14-17-31(24)20-32(25,31)19-18-29(23,30)7/h9,15,21,23-26,34H,10-14,16-20H2,1-8H3/b15-9+/t21-,23+,24-,25-,26-,29+,30-,31+,32-/m0/s1. The number of aliphatic hydroxyl groups is 1. The maximum Gasteiger partial charge on any atom is 0.302 e. The first-order valence-electron chi connectivity index (χ1n) is 14.7. The van der Waals surface area contributed by atoms with Gasteiger partial charge >= 0.3 is 5.97 Å². The van der Waals surface area contributed by atoms with E-state index < -0.39 is 5.60 Å². The number of allylic oxidation sites excluding steroid dienone is 1. The first-order chi connectivity index (χ1) is 16.1. The predicted molar refractivity (Wildman–Crippen MR) is 142 cm³/mol. The molecule has 0 unspecified atom stereocenters. The van der Waals surface area contributed by atoms with Gasteiger partial charge in [-0.1, -0.05) is 46.8 Å². The zero-order chi connectivity index (χ0) is 25.7. The lowest BCUT2D eigenvalue weighted by molar-refractivity contribution is -0.181. The second-order valence-electron chi connectivity index (χ2n) is 15.4. The SMILES string of the molecule is CC(=O)O[C@H]1CC[C@]23C[C@]24CC[C@]2(C)[C@@H]([C@@H](C)C/C=C/C(C)(C)O)CC[C@@]2(C)[C@@H]4CC[C@H]3C1(C)C. The van der Waals surface area contributed by atoms with Gasteiger partial charge in [-0.15, -0.1) is 0 Å². The summed E-state index contributed by atoms with van der Waals surface area (Å²) in [5, 5.41) is 10.1. The molecule has 0 aliphatic heterocycles. The lowest BCUT2D eigenvalue weighted by Crippen LogP contribution is -2.58. The van der Waals surface area contributed by atoms with E-state index in [2.05, 4.69) is 40.7 Å². The normalized spacial score (nSPS) is 48.9. The highest BCUT2D eigenvalue weighted by molar-refractivity contribution is 5.66. The summed E-state index contributed by atoms with van der Waals surface area (Å²) >= 11 is 0. The molecule has 0 saturated heterocycles. The molecular weight excluding hydrogens is 432 g/mol. The molecule has 0 aromatic rings. The highest BCUT2D eigenvalue weighted by Crippen LogP contribution is 2.89. The van der Waals surface area contributed by atoms with E-state index in [9.17, 15) is 9.90 Å². The Hall–Kier alpha value is -0.830. The van der Waals surface area contributed by atoms with E-state index in [-0.39, 0.29) is 17.5 Å². The van der Waals surface area contributed by atoms with Gasteiger partial charge in [-0.25, -0.2) is 0 Å². The topological polar surface area (TPSA) is 46.5 Å². The van der Waals surface area contributed by atoms with Gasteiger partial charge < -0.3 is 9.84 Å². The molecule has 3 nitrogen and oxygen atoms in total. The number of ether oxygens (including phenoxy) is 1. The lowest BCUT2D eigenvalue weighted by Gasteiger charge is -2.63. The van der Waals surface area contributed by atoms with E-state index in [1.54, 1.807) is 6.92 Å². The van der Waals surface area contributed by atoms with Crippen LogP contribution in [-0.4, -0.2) is 22.8 Å². The van der Waals surface area contributed by atoms with Crippen LogP contribution in [0, 0.1) is 50.7 Å². The van der Waals surface area contributed by atoms with Crippen molar-refractivity contribution in [3.63, 3.8) is 0 Å². The van der Waals surface area contributed by atoms with Crippen LogP contribution in [0.3, 0.4) is 0 Å². The number of carbonyl (C=O) groups is 1. The largest absolute Gasteiger partial charge is 0.462 e. The minimum Gasteiger partial charge on any atom is -0.462 e. The number of carbonyl (C=O) groups excluding carboxylic acids is 1. The average molecular weight is 485 g/mol. The summed E-state index contributed by atoms with van der Waals surface area (Å²) in [5.41, 5.74) is 1.27. The summed E-state index contributed by atoms with van der Waals surface area (Å²) in [7, 11) is 0. The van der Waals surface area contributed by atoms with Crippen molar-refractivity contribution in [2.24, 2.45) is 50.7 Å². The fraction of sp³-hybridized carbons (Fsp3) is 0.906. The monoisotopic (exact) mass is 484 g/mol. The number of rotatable bonds is 5. The molecule has 1 N–H and O–H groups in total. The van der Waals surface area contributed by atoms with Crippen LogP contribution in [0.25, 0.3) is 0 Å². The van der Waals surface area contributed by atoms with Crippen molar-refractivity contribution in [2.75, 3.05) is 0 Å². The highest BCUT2D eigenvalue weighted by atomic mass is 16.5. The van der Waals surface area contributed by atoms with Crippen LogP contribution in [0.2, 0.25) is 0 Å². The third-order valence-electron chi connectivity index (χ3n) is 13.1. The third kappa shape index (κ3) is 3.48. The van der Waals surface area contributed by atoms with Gasteiger partial charge in [-0.2, -0.15) is 0 Å². The molecule has 0 bridgehead atoms. The Morgan fingerprint density at radius 1 is 0.971 bits per heavy atom. The van der Waals surface area contributed by atoms with E-state index in [0.717, 1.165) is 24.7 Å². The minimum atomic E-state index is -0.716. The maximum atomic E-state index is 11.8. The first kappa shape index (κ1) is 25.8. The summed E-state index contributed by atoms with van der Waals surface area (Å²) in [6.45, 7) is 17.9. The third-order valence-corrected chi connectivity index (χ3v) is 13.1. The van der Waals surface area contributed by atoms with Crippen molar-refractivity contribution >= 4 is 5.97 Å². The second kappa shape index (κ2) is 7.84. The van der Waals surface area contributed by atoms with Crippen LogP contribution in [-0.2, 0) is 9.53 Å². The Balaban J connectivity index is 1.38.